The molecule has 0 saturated carbocycles. The number of furan rings is 1. The summed E-state index contributed by atoms with van der Waals surface area (Å²) < 4.78 is 48.6. The van der Waals surface area contributed by atoms with Gasteiger partial charge in [0.05, 0.1) is 18.4 Å². The molecular weight excluding hydrogens is 389 g/mol. The Kier molecular flexibility index (Phi) is 6.32. The largest absolute Gasteiger partial charge is 0.459 e. The van der Waals surface area contributed by atoms with E-state index in [0.29, 0.717) is 30.4 Å². The first-order valence-corrected chi connectivity index (χ1v) is 9.02. The maximum absolute atomic E-state index is 12.6. The molecule has 0 aliphatic carbocycles. The van der Waals surface area contributed by atoms with Crippen molar-refractivity contribution in [3.05, 3.63) is 54.1 Å². The maximum Gasteiger partial charge on any atom is 0.416 e. The monoisotopic (exact) mass is 409 g/mol. The molecule has 3 rings (SSSR count). The minimum atomic E-state index is -4.41. The fourth-order valence-corrected chi connectivity index (χ4v) is 2.81. The van der Waals surface area contributed by atoms with Crippen molar-refractivity contribution >= 4 is 11.6 Å². The van der Waals surface area contributed by atoms with Gasteiger partial charge in [0.2, 0.25) is 0 Å². The molecule has 0 bridgehead atoms. The van der Waals surface area contributed by atoms with Crippen molar-refractivity contribution < 1.29 is 31.7 Å². The second-order valence-electron chi connectivity index (χ2n) is 6.46. The van der Waals surface area contributed by atoms with Crippen molar-refractivity contribution in [1.29, 1.82) is 0 Å². The van der Waals surface area contributed by atoms with Crippen LogP contribution in [0.15, 0.2) is 51.5 Å². The third-order valence-electron chi connectivity index (χ3n) is 4.11. The Morgan fingerprint density at radius 2 is 1.93 bits per heavy atom. The van der Waals surface area contributed by atoms with Crippen LogP contribution in [-0.4, -0.2) is 29.2 Å². The summed E-state index contributed by atoms with van der Waals surface area (Å²) in [5.74, 6) is 0.761. The highest BCUT2D eigenvalue weighted by Gasteiger charge is 2.30. The number of nitrogens with one attached hydrogen (secondary N) is 2. The van der Waals surface area contributed by atoms with Gasteiger partial charge < -0.3 is 19.1 Å². The van der Waals surface area contributed by atoms with Crippen LogP contribution in [-0.2, 0) is 17.5 Å². The lowest BCUT2D eigenvalue weighted by atomic mass is 10.2. The molecule has 0 fully saturated rings. The molecule has 2 N–H and O–H groups in total. The smallest absolute Gasteiger partial charge is 0.416 e. The third-order valence-corrected chi connectivity index (χ3v) is 4.11. The number of nitrogens with zero attached hydrogens (tertiary/aromatic N) is 2. The van der Waals surface area contributed by atoms with E-state index in [4.69, 9.17) is 8.83 Å². The summed E-state index contributed by atoms with van der Waals surface area (Å²) in [7, 11) is 0. The Morgan fingerprint density at radius 3 is 2.55 bits per heavy atom. The number of hydrogen-bond acceptors (Lipinski definition) is 5. The van der Waals surface area contributed by atoms with Crippen LogP contribution in [0.5, 0.6) is 0 Å². The molecule has 154 valence electrons. The average molecular weight is 409 g/mol. The fourth-order valence-electron chi connectivity index (χ4n) is 2.81. The Labute approximate surface area is 164 Å². The summed E-state index contributed by atoms with van der Waals surface area (Å²) in [5.41, 5.74) is -0.464. The predicted molar refractivity (Wildman–Crippen MR) is 96.8 cm³/mol. The zero-order chi connectivity index (χ0) is 20.9. The summed E-state index contributed by atoms with van der Waals surface area (Å²) >= 11 is 0. The number of halogens is 3. The number of benzene rings is 1. The molecule has 2 heterocycles. The van der Waals surface area contributed by atoms with Gasteiger partial charge in [-0.3, -0.25) is 4.79 Å². The predicted octanol–water partition coefficient (Wildman–Crippen LogP) is 2.78. The van der Waals surface area contributed by atoms with E-state index in [1.807, 2.05) is 6.92 Å². The number of amides is 1. The molecule has 7 nitrogen and oxygen atoms in total. The molecule has 1 aromatic carbocycles. The lowest BCUT2D eigenvalue weighted by Gasteiger charge is -2.16. The quantitative estimate of drug-likeness (QED) is 0.598. The van der Waals surface area contributed by atoms with Crippen LogP contribution in [0.25, 0.3) is 11.7 Å². The van der Waals surface area contributed by atoms with E-state index in [1.165, 1.54) is 18.4 Å². The van der Waals surface area contributed by atoms with E-state index in [9.17, 15) is 18.0 Å². The first-order chi connectivity index (χ1) is 13.8. The number of alkyl halides is 3. The number of quaternary nitrogens is 1. The molecule has 0 saturated heterocycles. The third kappa shape index (κ3) is 5.67. The molecule has 0 radical (unpaired) electrons. The Bertz CT molecular complexity index is 921. The zero-order valence-electron chi connectivity index (χ0n) is 15.6. The zero-order valence-corrected chi connectivity index (χ0v) is 15.6. The Balaban J connectivity index is 1.59. The molecular formula is C19H20F3N4O3+. The fraction of sp³-hybridized carbons (Fsp3) is 0.316. The van der Waals surface area contributed by atoms with Crippen molar-refractivity contribution in [3.63, 3.8) is 0 Å². The first-order valence-electron chi connectivity index (χ1n) is 9.02. The molecule has 29 heavy (non-hydrogen) atoms. The second-order valence-corrected chi connectivity index (χ2v) is 6.46. The lowest BCUT2D eigenvalue weighted by molar-refractivity contribution is -0.907. The van der Waals surface area contributed by atoms with Gasteiger partial charge in [0, 0.05) is 5.69 Å². The molecule has 2 aromatic heterocycles. The lowest BCUT2D eigenvalue weighted by Crippen LogP contribution is -3.11. The summed E-state index contributed by atoms with van der Waals surface area (Å²) in [5, 5.41) is 10.5. The van der Waals surface area contributed by atoms with Gasteiger partial charge in [-0.15, -0.1) is 10.2 Å². The van der Waals surface area contributed by atoms with E-state index in [1.54, 1.807) is 12.1 Å². The van der Waals surface area contributed by atoms with Crippen molar-refractivity contribution in [3.8, 4) is 11.7 Å². The second kappa shape index (κ2) is 8.91. The number of carbonyl (C=O) groups excluding carboxylic acids is 1. The molecule has 1 amide bonds. The van der Waals surface area contributed by atoms with Crippen LogP contribution in [0.4, 0.5) is 18.9 Å². The summed E-state index contributed by atoms with van der Waals surface area (Å²) in [6.45, 7) is 3.10. The van der Waals surface area contributed by atoms with Crippen molar-refractivity contribution in [2.45, 2.75) is 26.1 Å². The van der Waals surface area contributed by atoms with E-state index in [-0.39, 0.29) is 18.3 Å². The van der Waals surface area contributed by atoms with Crippen molar-refractivity contribution in [2.75, 3.05) is 18.4 Å². The van der Waals surface area contributed by atoms with Crippen LogP contribution in [0.2, 0.25) is 0 Å². The number of carbonyl (C=O) groups is 1. The highest BCUT2D eigenvalue weighted by atomic mass is 19.4. The van der Waals surface area contributed by atoms with Gasteiger partial charge in [0.1, 0.15) is 0 Å². The van der Waals surface area contributed by atoms with E-state index >= 15 is 0 Å². The number of anilines is 1. The van der Waals surface area contributed by atoms with Crippen LogP contribution >= 0.6 is 0 Å². The van der Waals surface area contributed by atoms with Crippen LogP contribution in [0.3, 0.4) is 0 Å². The van der Waals surface area contributed by atoms with Crippen molar-refractivity contribution in [2.24, 2.45) is 0 Å². The van der Waals surface area contributed by atoms with Gasteiger partial charge in [-0.1, -0.05) is 6.92 Å². The molecule has 0 spiro atoms. The molecule has 0 aliphatic rings. The van der Waals surface area contributed by atoms with Gasteiger partial charge in [-0.25, -0.2) is 0 Å². The molecule has 1 unspecified atom stereocenters. The molecule has 1 atom stereocenters. The average Bonchev–Trinajstić information content (AvgIpc) is 3.33. The molecule has 0 aliphatic heterocycles. The normalized spacial score (nSPS) is 12.7. The van der Waals surface area contributed by atoms with Gasteiger partial charge in [0.25, 0.3) is 17.7 Å². The maximum atomic E-state index is 12.6. The van der Waals surface area contributed by atoms with E-state index in [0.717, 1.165) is 23.5 Å². The Hall–Kier alpha value is -3.14. The standard InChI is InChI=1S/C19H19F3N4O3/c1-2-9-26(12-17-24-25-18(29-17)15-4-3-10-28-15)11-16(27)23-14-7-5-13(6-8-14)19(20,21)22/h3-8,10H,2,9,11-12H2,1H3,(H,23,27)/p+1. The molecule has 10 heteroatoms. The minimum Gasteiger partial charge on any atom is -0.459 e. The van der Waals surface area contributed by atoms with E-state index in [2.05, 4.69) is 15.5 Å². The SMILES string of the molecule is CCC[NH+](CC(=O)Nc1ccc(C(F)(F)F)cc1)Cc1nnc(-c2ccco2)o1. The minimum absolute atomic E-state index is 0.104. The van der Waals surface area contributed by atoms with Gasteiger partial charge in [0.15, 0.2) is 18.8 Å². The highest BCUT2D eigenvalue weighted by Crippen LogP contribution is 2.29. The summed E-state index contributed by atoms with van der Waals surface area (Å²) in [6, 6.07) is 7.73. The number of hydrogen-bond donors (Lipinski definition) is 2. The van der Waals surface area contributed by atoms with Crippen LogP contribution < -0.4 is 10.2 Å². The van der Waals surface area contributed by atoms with Crippen LogP contribution in [0, 0.1) is 0 Å². The van der Waals surface area contributed by atoms with E-state index < -0.39 is 11.7 Å². The Morgan fingerprint density at radius 1 is 1.17 bits per heavy atom. The molecule has 3 aromatic rings. The highest BCUT2D eigenvalue weighted by molar-refractivity contribution is 5.91. The summed E-state index contributed by atoms with van der Waals surface area (Å²) in [4.78, 5) is 13.2. The van der Waals surface area contributed by atoms with Gasteiger partial charge >= 0.3 is 6.18 Å². The number of aromatic nitrogens is 2. The van der Waals surface area contributed by atoms with Crippen LogP contribution in [0.1, 0.15) is 24.8 Å². The van der Waals surface area contributed by atoms with Crippen molar-refractivity contribution in [1.82, 2.24) is 10.2 Å². The first kappa shape index (κ1) is 20.6. The topological polar surface area (TPSA) is 85.6 Å². The summed E-state index contributed by atoms with van der Waals surface area (Å²) in [6.07, 6.45) is -2.09. The van der Waals surface area contributed by atoms with Gasteiger partial charge in [-0.05, 0) is 42.8 Å². The number of rotatable bonds is 8. The van der Waals surface area contributed by atoms with Gasteiger partial charge in [-0.2, -0.15) is 13.2 Å².